The molecule has 11 nitrogen and oxygen atoms in total. The number of aliphatic hydroxyl groups is 1. The van der Waals surface area contributed by atoms with Gasteiger partial charge in [-0.25, -0.2) is 4.68 Å². The molecule has 3 aliphatic heterocycles. The summed E-state index contributed by atoms with van der Waals surface area (Å²) in [5.74, 6) is -2.79. The van der Waals surface area contributed by atoms with Crippen molar-refractivity contribution in [2.24, 2.45) is 11.8 Å². The Morgan fingerprint density at radius 3 is 2.97 bits per heavy atom. The summed E-state index contributed by atoms with van der Waals surface area (Å²) in [6.45, 7) is 1.64. The second-order valence-electron chi connectivity index (χ2n) is 8.34. The summed E-state index contributed by atoms with van der Waals surface area (Å²) >= 11 is 0. The van der Waals surface area contributed by atoms with Crippen LogP contribution in [0, 0.1) is 11.8 Å². The van der Waals surface area contributed by atoms with Crippen molar-refractivity contribution in [3.8, 4) is 0 Å². The van der Waals surface area contributed by atoms with Crippen molar-refractivity contribution in [3.63, 3.8) is 0 Å². The SMILES string of the molecule is CCOC(=O)[C@@H]1[C@H]2C(=O)N(CCO)C(C(=O)NCn3nnc4ccccc43)C23CC[C@H]1O3. The first-order valence-electron chi connectivity index (χ1n) is 10.8. The number of β-amino-alcohol motifs (C(OH)–C–C–N with tert-alkyl or cyclic N) is 1. The molecule has 5 atom stereocenters. The third kappa shape index (κ3) is 2.91. The van der Waals surface area contributed by atoms with E-state index in [4.69, 9.17) is 9.47 Å². The molecule has 3 aliphatic rings. The standard InChI is InChI=1S/C21H25N5O6/c1-2-31-20(30)15-14-7-8-21(32-14)16(15)19(29)25(9-10-27)17(21)18(28)22-11-26-13-6-4-3-5-12(13)23-24-26/h3-6,14-17,27H,2,7-11H2,1H3,(H,22,28)/t14-,15+,16+,17?,21?/m1/s1. The zero-order valence-electron chi connectivity index (χ0n) is 17.6. The quantitative estimate of drug-likeness (QED) is 0.544. The predicted molar refractivity (Wildman–Crippen MR) is 109 cm³/mol. The van der Waals surface area contributed by atoms with Gasteiger partial charge in [0.25, 0.3) is 0 Å². The highest BCUT2D eigenvalue weighted by Crippen LogP contribution is 2.58. The summed E-state index contributed by atoms with van der Waals surface area (Å²) in [5, 5.41) is 20.5. The first-order chi connectivity index (χ1) is 15.5. The summed E-state index contributed by atoms with van der Waals surface area (Å²) in [6, 6.07) is 6.42. The molecule has 2 N–H and O–H groups in total. The number of likely N-dealkylation sites (tertiary alicyclic amines) is 1. The molecule has 0 saturated carbocycles. The predicted octanol–water partition coefficient (Wildman–Crippen LogP) is -0.565. The lowest BCUT2D eigenvalue weighted by molar-refractivity contribution is -0.154. The minimum absolute atomic E-state index is 0.0228. The number of carbonyl (C=O) groups is 3. The van der Waals surface area contributed by atoms with E-state index in [1.807, 2.05) is 24.3 Å². The number of benzene rings is 1. The summed E-state index contributed by atoms with van der Waals surface area (Å²) in [6.07, 6.45) is 0.599. The van der Waals surface area contributed by atoms with Crippen molar-refractivity contribution in [1.29, 1.82) is 0 Å². The van der Waals surface area contributed by atoms with E-state index in [1.165, 1.54) is 4.90 Å². The monoisotopic (exact) mass is 443 g/mol. The zero-order valence-corrected chi connectivity index (χ0v) is 17.6. The summed E-state index contributed by atoms with van der Waals surface area (Å²) in [4.78, 5) is 40.7. The highest BCUT2D eigenvalue weighted by molar-refractivity contribution is 5.98. The number of para-hydroxylation sites is 1. The van der Waals surface area contributed by atoms with Crippen molar-refractivity contribution in [2.75, 3.05) is 19.8 Å². The van der Waals surface area contributed by atoms with E-state index in [-0.39, 0.29) is 32.3 Å². The maximum absolute atomic E-state index is 13.4. The molecule has 4 heterocycles. The number of aromatic nitrogens is 3. The van der Waals surface area contributed by atoms with Gasteiger partial charge in [0.2, 0.25) is 11.8 Å². The average Bonchev–Trinajstić information content (AvgIpc) is 3.52. The molecule has 0 radical (unpaired) electrons. The second kappa shape index (κ2) is 7.82. The van der Waals surface area contributed by atoms with Gasteiger partial charge >= 0.3 is 5.97 Å². The molecule has 1 aromatic carbocycles. The molecule has 5 rings (SSSR count). The molecule has 2 amide bonds. The average molecular weight is 443 g/mol. The summed E-state index contributed by atoms with van der Waals surface area (Å²) < 4.78 is 13.0. The number of hydrogen-bond acceptors (Lipinski definition) is 8. The molecule has 3 fully saturated rings. The van der Waals surface area contributed by atoms with E-state index in [1.54, 1.807) is 11.6 Å². The molecule has 170 valence electrons. The van der Waals surface area contributed by atoms with Gasteiger partial charge in [-0.1, -0.05) is 17.3 Å². The Bertz CT molecular complexity index is 1070. The Morgan fingerprint density at radius 1 is 1.38 bits per heavy atom. The van der Waals surface area contributed by atoms with Gasteiger partial charge in [-0.3, -0.25) is 14.4 Å². The van der Waals surface area contributed by atoms with Crippen LogP contribution in [0.1, 0.15) is 19.8 Å². The molecular weight excluding hydrogens is 418 g/mol. The molecule has 2 unspecified atom stereocenters. The van der Waals surface area contributed by atoms with E-state index in [0.29, 0.717) is 18.4 Å². The van der Waals surface area contributed by atoms with Crippen LogP contribution in [0.15, 0.2) is 24.3 Å². The Morgan fingerprint density at radius 2 is 2.19 bits per heavy atom. The number of fused-ring (bicyclic) bond motifs is 2. The van der Waals surface area contributed by atoms with Gasteiger partial charge in [0.15, 0.2) is 0 Å². The maximum Gasteiger partial charge on any atom is 0.312 e. The van der Waals surface area contributed by atoms with Crippen LogP contribution in [0.3, 0.4) is 0 Å². The van der Waals surface area contributed by atoms with Gasteiger partial charge in [0.1, 0.15) is 23.8 Å². The maximum atomic E-state index is 13.4. The highest BCUT2D eigenvalue weighted by atomic mass is 16.6. The van der Waals surface area contributed by atoms with Crippen molar-refractivity contribution < 1.29 is 29.0 Å². The summed E-state index contributed by atoms with van der Waals surface area (Å²) in [5.41, 5.74) is 0.357. The van der Waals surface area contributed by atoms with Gasteiger partial charge < -0.3 is 24.8 Å². The third-order valence-electron chi connectivity index (χ3n) is 6.77. The number of carbonyl (C=O) groups excluding carboxylic acids is 3. The van der Waals surface area contributed by atoms with Crippen molar-refractivity contribution in [2.45, 2.75) is 44.2 Å². The highest BCUT2D eigenvalue weighted by Gasteiger charge is 2.74. The largest absolute Gasteiger partial charge is 0.466 e. The van der Waals surface area contributed by atoms with Crippen molar-refractivity contribution >= 4 is 28.8 Å². The van der Waals surface area contributed by atoms with Crippen molar-refractivity contribution in [1.82, 2.24) is 25.2 Å². The molecular formula is C21H25N5O6. The molecule has 11 heteroatoms. The number of esters is 1. The topological polar surface area (TPSA) is 136 Å². The number of rotatable bonds is 7. The smallest absolute Gasteiger partial charge is 0.312 e. The van der Waals surface area contributed by atoms with Gasteiger partial charge in [-0.15, -0.1) is 5.10 Å². The Hall–Kier alpha value is -3.05. The van der Waals surface area contributed by atoms with E-state index in [2.05, 4.69) is 15.6 Å². The number of aliphatic hydroxyl groups excluding tert-OH is 1. The van der Waals surface area contributed by atoms with Gasteiger partial charge in [0, 0.05) is 6.54 Å². The number of amides is 2. The normalized spacial score (nSPS) is 30.7. The molecule has 0 aliphatic carbocycles. The van der Waals surface area contributed by atoms with E-state index >= 15 is 0 Å². The molecule has 1 spiro atoms. The third-order valence-corrected chi connectivity index (χ3v) is 6.77. The van der Waals surface area contributed by atoms with Gasteiger partial charge in [-0.2, -0.15) is 0 Å². The van der Waals surface area contributed by atoms with E-state index in [0.717, 1.165) is 5.52 Å². The first-order valence-corrected chi connectivity index (χ1v) is 10.8. The fourth-order valence-corrected chi connectivity index (χ4v) is 5.59. The fraction of sp³-hybridized carbons (Fsp3) is 0.571. The lowest BCUT2D eigenvalue weighted by atomic mass is 9.71. The number of hydrogen-bond donors (Lipinski definition) is 2. The zero-order chi connectivity index (χ0) is 22.5. The minimum atomic E-state index is -1.11. The van der Waals surface area contributed by atoms with Crippen LogP contribution in [0.25, 0.3) is 11.0 Å². The molecule has 1 aromatic heterocycles. The van der Waals surface area contributed by atoms with Crippen LogP contribution >= 0.6 is 0 Å². The lowest BCUT2D eigenvalue weighted by Gasteiger charge is -2.33. The van der Waals surface area contributed by atoms with Crippen LogP contribution in [0.5, 0.6) is 0 Å². The Kier molecular flexibility index (Phi) is 5.09. The molecule has 32 heavy (non-hydrogen) atoms. The second-order valence-corrected chi connectivity index (χ2v) is 8.34. The molecule has 3 saturated heterocycles. The van der Waals surface area contributed by atoms with Crippen LogP contribution in [-0.4, -0.2) is 80.3 Å². The number of nitrogens with one attached hydrogen (secondary N) is 1. The van der Waals surface area contributed by atoms with Crippen LogP contribution in [0.4, 0.5) is 0 Å². The van der Waals surface area contributed by atoms with Gasteiger partial charge in [0.05, 0.1) is 36.7 Å². The van der Waals surface area contributed by atoms with Crippen LogP contribution in [0.2, 0.25) is 0 Å². The van der Waals surface area contributed by atoms with E-state index < -0.39 is 41.5 Å². The number of nitrogens with zero attached hydrogens (tertiary/aromatic N) is 4. The molecule has 2 aromatic rings. The first kappa shape index (κ1) is 20.8. The van der Waals surface area contributed by atoms with Crippen LogP contribution < -0.4 is 5.32 Å². The Labute approximate surface area is 183 Å². The van der Waals surface area contributed by atoms with Crippen molar-refractivity contribution in [3.05, 3.63) is 24.3 Å². The van der Waals surface area contributed by atoms with E-state index in [9.17, 15) is 19.5 Å². The number of ether oxygens (including phenoxy) is 2. The fourth-order valence-electron chi connectivity index (χ4n) is 5.59. The lowest BCUT2D eigenvalue weighted by Crippen LogP contribution is -2.55. The van der Waals surface area contributed by atoms with Crippen LogP contribution in [-0.2, 0) is 30.5 Å². The Balaban J connectivity index is 1.42. The molecule has 2 bridgehead atoms. The van der Waals surface area contributed by atoms with Gasteiger partial charge in [-0.05, 0) is 31.9 Å². The minimum Gasteiger partial charge on any atom is -0.466 e. The summed E-state index contributed by atoms with van der Waals surface area (Å²) in [7, 11) is 0.